The molecule has 0 atom stereocenters. The van der Waals surface area contributed by atoms with Crippen molar-refractivity contribution in [3.63, 3.8) is 0 Å². The van der Waals surface area contributed by atoms with E-state index in [4.69, 9.17) is 10.5 Å². The maximum absolute atomic E-state index is 9.24. The van der Waals surface area contributed by atoms with Crippen LogP contribution >= 0.6 is 0 Å². The second kappa shape index (κ2) is 6.61. The van der Waals surface area contributed by atoms with E-state index in [1.165, 1.54) is 0 Å². The molecule has 18 heavy (non-hydrogen) atoms. The first-order valence-electron chi connectivity index (χ1n) is 6.26. The van der Waals surface area contributed by atoms with Crippen molar-refractivity contribution in [2.75, 3.05) is 32.5 Å². The van der Waals surface area contributed by atoms with Gasteiger partial charge in [0.25, 0.3) is 0 Å². The SMILES string of the molecule is CN(CCCOc1ccc(N)cc1)C(C)(C)CO. The molecular formula is C14H24N2O2. The molecule has 4 heteroatoms. The Balaban J connectivity index is 2.25. The maximum Gasteiger partial charge on any atom is 0.119 e. The van der Waals surface area contributed by atoms with Gasteiger partial charge in [-0.3, -0.25) is 4.90 Å². The van der Waals surface area contributed by atoms with E-state index in [0.29, 0.717) is 6.61 Å². The van der Waals surface area contributed by atoms with Gasteiger partial charge >= 0.3 is 0 Å². The second-order valence-corrected chi connectivity index (χ2v) is 5.16. The molecule has 0 radical (unpaired) electrons. The average molecular weight is 252 g/mol. The Morgan fingerprint density at radius 3 is 2.44 bits per heavy atom. The summed E-state index contributed by atoms with van der Waals surface area (Å²) in [6.07, 6.45) is 0.921. The fraction of sp³-hybridized carbons (Fsp3) is 0.571. The molecule has 0 amide bonds. The summed E-state index contributed by atoms with van der Waals surface area (Å²) < 4.78 is 5.61. The molecule has 0 bridgehead atoms. The molecule has 4 nitrogen and oxygen atoms in total. The van der Waals surface area contributed by atoms with Gasteiger partial charge in [0, 0.05) is 17.8 Å². The summed E-state index contributed by atoms with van der Waals surface area (Å²) in [5.41, 5.74) is 6.16. The van der Waals surface area contributed by atoms with Gasteiger partial charge in [0.1, 0.15) is 5.75 Å². The van der Waals surface area contributed by atoms with Crippen LogP contribution in [0.25, 0.3) is 0 Å². The van der Waals surface area contributed by atoms with Crippen molar-refractivity contribution in [3.05, 3.63) is 24.3 Å². The number of aliphatic hydroxyl groups is 1. The van der Waals surface area contributed by atoms with Crippen molar-refractivity contribution < 1.29 is 9.84 Å². The molecule has 102 valence electrons. The van der Waals surface area contributed by atoms with Crippen LogP contribution in [0.5, 0.6) is 5.75 Å². The van der Waals surface area contributed by atoms with Crippen LogP contribution in [0.2, 0.25) is 0 Å². The number of nitrogens with zero attached hydrogens (tertiary/aromatic N) is 1. The van der Waals surface area contributed by atoms with Crippen molar-refractivity contribution >= 4 is 5.69 Å². The topological polar surface area (TPSA) is 58.7 Å². The Bertz CT molecular complexity index is 349. The van der Waals surface area contributed by atoms with Crippen molar-refractivity contribution in [2.24, 2.45) is 0 Å². The van der Waals surface area contributed by atoms with E-state index < -0.39 is 0 Å². The van der Waals surface area contributed by atoms with Crippen molar-refractivity contribution in [1.82, 2.24) is 4.90 Å². The van der Waals surface area contributed by atoms with E-state index in [1.807, 2.05) is 45.2 Å². The molecule has 0 saturated carbocycles. The highest BCUT2D eigenvalue weighted by atomic mass is 16.5. The van der Waals surface area contributed by atoms with E-state index in [1.54, 1.807) is 0 Å². The third-order valence-corrected chi connectivity index (χ3v) is 3.21. The van der Waals surface area contributed by atoms with Crippen LogP contribution in [0.3, 0.4) is 0 Å². The molecular weight excluding hydrogens is 228 g/mol. The molecule has 0 saturated heterocycles. The van der Waals surface area contributed by atoms with Gasteiger partial charge in [-0.1, -0.05) is 0 Å². The Labute approximate surface area is 109 Å². The monoisotopic (exact) mass is 252 g/mol. The van der Waals surface area contributed by atoms with E-state index >= 15 is 0 Å². The van der Waals surface area contributed by atoms with Gasteiger partial charge in [-0.25, -0.2) is 0 Å². The molecule has 0 fully saturated rings. The summed E-state index contributed by atoms with van der Waals surface area (Å²) >= 11 is 0. The van der Waals surface area contributed by atoms with Crippen molar-refractivity contribution in [2.45, 2.75) is 25.8 Å². The zero-order valence-electron chi connectivity index (χ0n) is 11.5. The summed E-state index contributed by atoms with van der Waals surface area (Å²) in [5.74, 6) is 0.841. The quantitative estimate of drug-likeness (QED) is 0.573. The second-order valence-electron chi connectivity index (χ2n) is 5.16. The van der Waals surface area contributed by atoms with Crippen LogP contribution in [0.15, 0.2) is 24.3 Å². The number of hydrogen-bond acceptors (Lipinski definition) is 4. The highest BCUT2D eigenvalue weighted by Crippen LogP contribution is 2.14. The highest BCUT2D eigenvalue weighted by molar-refractivity contribution is 5.41. The molecule has 0 aliphatic carbocycles. The first-order chi connectivity index (χ1) is 8.45. The van der Waals surface area contributed by atoms with E-state index in [0.717, 1.165) is 24.4 Å². The van der Waals surface area contributed by atoms with E-state index in [2.05, 4.69) is 4.90 Å². The van der Waals surface area contributed by atoms with Gasteiger partial charge in [-0.15, -0.1) is 0 Å². The predicted octanol–water partition coefficient (Wildman–Crippen LogP) is 1.74. The lowest BCUT2D eigenvalue weighted by Gasteiger charge is -2.33. The predicted molar refractivity (Wildman–Crippen MR) is 74.8 cm³/mol. The summed E-state index contributed by atoms with van der Waals surface area (Å²) in [4.78, 5) is 2.14. The van der Waals surface area contributed by atoms with Crippen LogP contribution in [0, 0.1) is 0 Å². The number of rotatable bonds is 7. The standard InChI is InChI=1S/C14H24N2O2/c1-14(2,11-17)16(3)9-4-10-18-13-7-5-12(15)6-8-13/h5-8,17H,4,9-11,15H2,1-3H3. The number of likely N-dealkylation sites (N-methyl/N-ethyl adjacent to an activating group) is 1. The first kappa shape index (κ1) is 14.8. The Kier molecular flexibility index (Phi) is 5.44. The van der Waals surface area contributed by atoms with Gasteiger partial charge in [0.2, 0.25) is 0 Å². The van der Waals surface area contributed by atoms with Crippen molar-refractivity contribution in [3.8, 4) is 5.75 Å². The normalized spacial score (nSPS) is 11.8. The Hall–Kier alpha value is -1.26. The van der Waals surface area contributed by atoms with Crippen LogP contribution in [0.4, 0.5) is 5.69 Å². The molecule has 0 heterocycles. The van der Waals surface area contributed by atoms with Gasteiger partial charge in [-0.05, 0) is 51.6 Å². The van der Waals surface area contributed by atoms with Gasteiger partial charge in [0.15, 0.2) is 0 Å². The van der Waals surface area contributed by atoms with Gasteiger partial charge in [-0.2, -0.15) is 0 Å². The Morgan fingerprint density at radius 2 is 1.89 bits per heavy atom. The third-order valence-electron chi connectivity index (χ3n) is 3.21. The third kappa shape index (κ3) is 4.55. The number of hydrogen-bond donors (Lipinski definition) is 2. The lowest BCUT2D eigenvalue weighted by molar-refractivity contribution is 0.0747. The fourth-order valence-corrected chi connectivity index (χ4v) is 1.48. The van der Waals surface area contributed by atoms with E-state index in [9.17, 15) is 5.11 Å². The van der Waals surface area contributed by atoms with Gasteiger partial charge < -0.3 is 15.6 Å². The molecule has 0 aliphatic rings. The smallest absolute Gasteiger partial charge is 0.119 e. The summed E-state index contributed by atoms with van der Waals surface area (Å²) in [7, 11) is 2.01. The Morgan fingerprint density at radius 1 is 1.28 bits per heavy atom. The zero-order valence-corrected chi connectivity index (χ0v) is 11.5. The van der Waals surface area contributed by atoms with E-state index in [-0.39, 0.29) is 12.1 Å². The highest BCUT2D eigenvalue weighted by Gasteiger charge is 2.21. The van der Waals surface area contributed by atoms with Gasteiger partial charge in [0.05, 0.1) is 13.2 Å². The van der Waals surface area contributed by atoms with Crippen molar-refractivity contribution in [1.29, 1.82) is 0 Å². The molecule has 0 aromatic heterocycles. The lowest BCUT2D eigenvalue weighted by atomic mass is 10.1. The maximum atomic E-state index is 9.24. The minimum atomic E-state index is -0.179. The molecule has 0 unspecified atom stereocenters. The number of nitrogens with two attached hydrogens (primary N) is 1. The molecule has 1 rings (SSSR count). The molecule has 1 aromatic carbocycles. The number of benzene rings is 1. The fourth-order valence-electron chi connectivity index (χ4n) is 1.48. The molecule has 0 aliphatic heterocycles. The summed E-state index contributed by atoms with van der Waals surface area (Å²) in [6, 6.07) is 7.40. The number of anilines is 1. The number of nitrogen functional groups attached to an aromatic ring is 1. The van der Waals surface area contributed by atoms with Crippen LogP contribution in [0.1, 0.15) is 20.3 Å². The number of ether oxygens (including phenoxy) is 1. The van der Waals surface area contributed by atoms with Crippen LogP contribution < -0.4 is 10.5 Å². The minimum absolute atomic E-state index is 0.155. The first-order valence-corrected chi connectivity index (χ1v) is 6.26. The lowest BCUT2D eigenvalue weighted by Crippen LogP contribution is -2.44. The number of aliphatic hydroxyl groups excluding tert-OH is 1. The summed E-state index contributed by atoms with van der Waals surface area (Å²) in [6.45, 7) is 5.75. The van der Waals surface area contributed by atoms with Crippen LogP contribution in [-0.2, 0) is 0 Å². The average Bonchev–Trinajstić information content (AvgIpc) is 2.36. The largest absolute Gasteiger partial charge is 0.494 e. The van der Waals surface area contributed by atoms with Crippen LogP contribution in [-0.4, -0.2) is 42.4 Å². The molecule has 1 aromatic rings. The molecule has 0 spiro atoms. The zero-order chi connectivity index (χ0) is 13.6. The molecule has 3 N–H and O–H groups in total. The summed E-state index contributed by atoms with van der Waals surface area (Å²) in [5, 5.41) is 9.24. The minimum Gasteiger partial charge on any atom is -0.494 e.